The summed E-state index contributed by atoms with van der Waals surface area (Å²) in [6.45, 7) is 0.506. The first-order chi connectivity index (χ1) is 6.75. The molecule has 1 saturated carbocycles. The molecule has 1 atom stereocenters. The van der Waals surface area contributed by atoms with Crippen LogP contribution in [0.4, 0.5) is 5.95 Å². The lowest BCUT2D eigenvalue weighted by Crippen LogP contribution is -2.22. The second-order valence-corrected chi connectivity index (χ2v) is 3.95. The van der Waals surface area contributed by atoms with Gasteiger partial charge in [0.15, 0.2) is 0 Å². The van der Waals surface area contributed by atoms with Crippen molar-refractivity contribution in [2.75, 3.05) is 11.9 Å². The van der Waals surface area contributed by atoms with Gasteiger partial charge in [-0.1, -0.05) is 11.6 Å². The summed E-state index contributed by atoms with van der Waals surface area (Å²) in [5.41, 5.74) is 0. The highest BCUT2D eigenvalue weighted by Crippen LogP contribution is 2.32. The van der Waals surface area contributed by atoms with Crippen molar-refractivity contribution < 1.29 is 5.11 Å². The first-order valence-electron chi connectivity index (χ1n) is 4.65. The van der Waals surface area contributed by atoms with Crippen molar-refractivity contribution in [2.24, 2.45) is 5.92 Å². The Labute approximate surface area is 87.3 Å². The van der Waals surface area contributed by atoms with E-state index in [1.807, 2.05) is 0 Å². The van der Waals surface area contributed by atoms with E-state index in [2.05, 4.69) is 15.3 Å². The van der Waals surface area contributed by atoms with Crippen molar-refractivity contribution >= 4 is 17.5 Å². The maximum absolute atomic E-state index is 9.56. The quantitative estimate of drug-likeness (QED) is 0.792. The molecule has 1 fully saturated rings. The standard InChI is InChI=1S/C9H12ClN3O/c10-7-3-11-9(12-4-7)13-5-8(14)6-1-2-6/h3-4,6,8,14H,1-2,5H2,(H,11,12,13). The molecule has 0 aromatic carbocycles. The lowest BCUT2D eigenvalue weighted by atomic mass is 10.2. The zero-order valence-electron chi connectivity index (χ0n) is 7.65. The van der Waals surface area contributed by atoms with Gasteiger partial charge in [-0.05, 0) is 18.8 Å². The minimum Gasteiger partial charge on any atom is -0.391 e. The van der Waals surface area contributed by atoms with Gasteiger partial charge < -0.3 is 10.4 Å². The fourth-order valence-electron chi connectivity index (χ4n) is 1.25. The second kappa shape index (κ2) is 4.11. The predicted molar refractivity (Wildman–Crippen MR) is 54.3 cm³/mol. The monoisotopic (exact) mass is 213 g/mol. The molecule has 5 heteroatoms. The molecule has 14 heavy (non-hydrogen) atoms. The predicted octanol–water partition coefficient (Wildman–Crippen LogP) is 1.31. The van der Waals surface area contributed by atoms with Crippen LogP contribution in [-0.2, 0) is 0 Å². The molecule has 0 aliphatic heterocycles. The van der Waals surface area contributed by atoms with Crippen molar-refractivity contribution in [2.45, 2.75) is 18.9 Å². The molecule has 0 saturated heterocycles. The minimum atomic E-state index is -0.283. The third kappa shape index (κ3) is 2.56. The van der Waals surface area contributed by atoms with Crippen molar-refractivity contribution in [1.82, 2.24) is 9.97 Å². The average Bonchev–Trinajstić information content (AvgIpc) is 3.00. The summed E-state index contributed by atoms with van der Waals surface area (Å²) < 4.78 is 0. The number of aliphatic hydroxyl groups excluding tert-OH is 1. The molecule has 1 aliphatic carbocycles. The van der Waals surface area contributed by atoms with Crippen molar-refractivity contribution in [1.29, 1.82) is 0 Å². The Hall–Kier alpha value is -0.870. The molecule has 1 aromatic heterocycles. The summed E-state index contributed by atoms with van der Waals surface area (Å²) in [6, 6.07) is 0. The lowest BCUT2D eigenvalue weighted by molar-refractivity contribution is 0.164. The number of anilines is 1. The van der Waals surface area contributed by atoms with Crippen molar-refractivity contribution in [3.63, 3.8) is 0 Å². The summed E-state index contributed by atoms with van der Waals surface area (Å²) in [4.78, 5) is 7.93. The van der Waals surface area contributed by atoms with Crippen LogP contribution >= 0.6 is 11.6 Å². The molecule has 4 nitrogen and oxygen atoms in total. The smallest absolute Gasteiger partial charge is 0.222 e. The van der Waals surface area contributed by atoms with Gasteiger partial charge in [0.2, 0.25) is 5.95 Å². The fraction of sp³-hybridized carbons (Fsp3) is 0.556. The fourth-order valence-corrected chi connectivity index (χ4v) is 1.34. The Morgan fingerprint density at radius 3 is 2.71 bits per heavy atom. The maximum Gasteiger partial charge on any atom is 0.222 e. The first-order valence-corrected chi connectivity index (χ1v) is 5.03. The van der Waals surface area contributed by atoms with Gasteiger partial charge in [0.1, 0.15) is 0 Å². The number of aromatic nitrogens is 2. The number of hydrogen-bond acceptors (Lipinski definition) is 4. The van der Waals surface area contributed by atoms with Crippen LogP contribution in [-0.4, -0.2) is 27.7 Å². The Morgan fingerprint density at radius 1 is 1.50 bits per heavy atom. The van der Waals surface area contributed by atoms with Gasteiger partial charge >= 0.3 is 0 Å². The van der Waals surface area contributed by atoms with Gasteiger partial charge in [0.25, 0.3) is 0 Å². The van der Waals surface area contributed by atoms with Crippen LogP contribution in [0.5, 0.6) is 0 Å². The SMILES string of the molecule is OC(CNc1ncc(Cl)cn1)C1CC1. The average molecular weight is 214 g/mol. The molecular formula is C9H12ClN3O. The highest BCUT2D eigenvalue weighted by Gasteiger charge is 2.29. The molecule has 1 unspecified atom stereocenters. The van der Waals surface area contributed by atoms with E-state index in [4.69, 9.17) is 11.6 Å². The van der Waals surface area contributed by atoms with E-state index >= 15 is 0 Å². The Balaban J connectivity index is 1.82. The van der Waals surface area contributed by atoms with Crippen LogP contribution in [0.15, 0.2) is 12.4 Å². The molecular weight excluding hydrogens is 202 g/mol. The van der Waals surface area contributed by atoms with Crippen LogP contribution in [0.1, 0.15) is 12.8 Å². The van der Waals surface area contributed by atoms with Crippen molar-refractivity contribution in [3.05, 3.63) is 17.4 Å². The summed E-state index contributed by atoms with van der Waals surface area (Å²) >= 11 is 5.63. The molecule has 76 valence electrons. The molecule has 1 aromatic rings. The Morgan fingerprint density at radius 2 is 2.14 bits per heavy atom. The lowest BCUT2D eigenvalue weighted by Gasteiger charge is -2.09. The molecule has 0 bridgehead atoms. The highest BCUT2D eigenvalue weighted by atomic mass is 35.5. The zero-order valence-corrected chi connectivity index (χ0v) is 8.41. The van der Waals surface area contributed by atoms with Crippen LogP contribution in [0.3, 0.4) is 0 Å². The van der Waals surface area contributed by atoms with Gasteiger partial charge in [-0.15, -0.1) is 0 Å². The largest absolute Gasteiger partial charge is 0.391 e. The first kappa shape index (κ1) is 9.68. The zero-order chi connectivity index (χ0) is 9.97. The van der Waals surface area contributed by atoms with Crippen molar-refractivity contribution in [3.8, 4) is 0 Å². The number of aliphatic hydroxyl groups is 1. The normalized spacial score (nSPS) is 17.9. The third-order valence-electron chi connectivity index (χ3n) is 2.26. The summed E-state index contributed by atoms with van der Waals surface area (Å²) in [5, 5.41) is 13.0. The van der Waals surface area contributed by atoms with Crippen LogP contribution in [0, 0.1) is 5.92 Å². The molecule has 1 aliphatic rings. The van der Waals surface area contributed by atoms with Gasteiger partial charge in [-0.3, -0.25) is 0 Å². The van der Waals surface area contributed by atoms with Gasteiger partial charge in [0, 0.05) is 6.54 Å². The van der Waals surface area contributed by atoms with Gasteiger partial charge in [-0.2, -0.15) is 0 Å². The number of rotatable bonds is 4. The summed E-state index contributed by atoms with van der Waals surface area (Å²) in [5.74, 6) is 0.976. The van der Waals surface area contributed by atoms with E-state index < -0.39 is 0 Å². The Bertz CT molecular complexity index is 299. The molecule has 2 N–H and O–H groups in total. The van der Waals surface area contributed by atoms with Gasteiger partial charge in [0.05, 0.1) is 23.5 Å². The molecule has 1 heterocycles. The highest BCUT2D eigenvalue weighted by molar-refractivity contribution is 6.30. The molecule has 0 spiro atoms. The maximum atomic E-state index is 9.56. The minimum absolute atomic E-state index is 0.283. The number of nitrogens with one attached hydrogen (secondary N) is 1. The number of hydrogen-bond donors (Lipinski definition) is 2. The van der Waals surface area contributed by atoms with E-state index in [1.54, 1.807) is 0 Å². The van der Waals surface area contributed by atoms with Crippen LogP contribution < -0.4 is 5.32 Å². The van der Waals surface area contributed by atoms with Crippen LogP contribution in [0.25, 0.3) is 0 Å². The summed E-state index contributed by atoms with van der Waals surface area (Å²) in [6.07, 6.45) is 5.03. The van der Waals surface area contributed by atoms with E-state index in [0.29, 0.717) is 23.4 Å². The molecule has 0 amide bonds. The third-order valence-corrected chi connectivity index (χ3v) is 2.45. The van der Waals surface area contributed by atoms with Gasteiger partial charge in [-0.25, -0.2) is 9.97 Å². The number of halogens is 1. The van der Waals surface area contributed by atoms with E-state index in [1.165, 1.54) is 12.4 Å². The van der Waals surface area contributed by atoms with E-state index in [0.717, 1.165) is 12.8 Å². The summed E-state index contributed by atoms with van der Waals surface area (Å²) in [7, 11) is 0. The number of nitrogens with zero attached hydrogens (tertiary/aromatic N) is 2. The van der Waals surface area contributed by atoms with E-state index in [-0.39, 0.29) is 6.10 Å². The Kier molecular flexibility index (Phi) is 2.84. The van der Waals surface area contributed by atoms with Crippen LogP contribution in [0.2, 0.25) is 5.02 Å². The molecule has 0 radical (unpaired) electrons. The topological polar surface area (TPSA) is 58.0 Å². The second-order valence-electron chi connectivity index (χ2n) is 3.51. The van der Waals surface area contributed by atoms with E-state index in [9.17, 15) is 5.11 Å². The molecule has 2 rings (SSSR count).